The van der Waals surface area contributed by atoms with E-state index in [1.54, 1.807) is 16.2 Å². The number of thioether (sulfide) groups is 1. The van der Waals surface area contributed by atoms with Crippen LogP contribution >= 0.6 is 23.1 Å². The monoisotopic (exact) mass is 347 g/mol. The number of carbonyl (C=O) groups is 2. The van der Waals surface area contributed by atoms with Crippen molar-refractivity contribution in [2.24, 2.45) is 0 Å². The van der Waals surface area contributed by atoms with Crippen LogP contribution in [0.3, 0.4) is 0 Å². The first-order valence-corrected chi connectivity index (χ1v) is 9.59. The topological polar surface area (TPSA) is 53.5 Å². The average Bonchev–Trinajstić information content (AvgIpc) is 3.26. The van der Waals surface area contributed by atoms with Gasteiger partial charge in [0.1, 0.15) is 11.6 Å². The van der Waals surface area contributed by atoms with E-state index in [1.807, 2.05) is 23.1 Å². The number of benzene rings is 1. The Morgan fingerprint density at radius 2 is 2.17 bits per heavy atom. The molecule has 23 heavy (non-hydrogen) atoms. The number of hydrogen-bond donors (Lipinski definition) is 0. The standard InChI is InChI=1S/C16H17N3O2S2/c20-14(10-18-8-9-22-16(18)21)19-7-3-5-12(19)15-17-11-4-1-2-6-13(11)23-15/h1-2,4,6,12H,3,5,7-10H2. The highest BCUT2D eigenvalue weighted by Gasteiger charge is 2.34. The fourth-order valence-electron chi connectivity index (χ4n) is 3.18. The predicted molar refractivity (Wildman–Crippen MR) is 92.7 cm³/mol. The van der Waals surface area contributed by atoms with E-state index in [4.69, 9.17) is 4.98 Å². The molecule has 1 aromatic carbocycles. The molecule has 4 rings (SSSR count). The van der Waals surface area contributed by atoms with Gasteiger partial charge in [0.2, 0.25) is 5.91 Å². The molecule has 0 bridgehead atoms. The molecule has 2 aliphatic rings. The van der Waals surface area contributed by atoms with Crippen LogP contribution < -0.4 is 0 Å². The van der Waals surface area contributed by atoms with Gasteiger partial charge in [-0.1, -0.05) is 23.9 Å². The Morgan fingerprint density at radius 1 is 1.30 bits per heavy atom. The maximum absolute atomic E-state index is 12.6. The first-order chi connectivity index (χ1) is 11.2. The van der Waals surface area contributed by atoms with Crippen molar-refractivity contribution in [3.05, 3.63) is 29.3 Å². The zero-order valence-corrected chi connectivity index (χ0v) is 14.2. The lowest BCUT2D eigenvalue weighted by Gasteiger charge is -2.25. The largest absolute Gasteiger partial charge is 0.332 e. The lowest BCUT2D eigenvalue weighted by atomic mass is 10.2. The molecule has 0 spiro atoms. The van der Waals surface area contributed by atoms with Gasteiger partial charge in [-0.25, -0.2) is 4.98 Å². The third-order valence-electron chi connectivity index (χ3n) is 4.34. The Morgan fingerprint density at radius 3 is 2.96 bits per heavy atom. The molecule has 0 radical (unpaired) electrons. The number of rotatable bonds is 3. The van der Waals surface area contributed by atoms with Crippen LogP contribution in [0.1, 0.15) is 23.9 Å². The molecule has 1 aromatic heterocycles. The summed E-state index contributed by atoms with van der Waals surface area (Å²) in [6, 6.07) is 8.14. The normalized spacial score (nSPS) is 21.6. The molecule has 1 unspecified atom stereocenters. The van der Waals surface area contributed by atoms with Crippen molar-refractivity contribution >= 4 is 44.5 Å². The zero-order chi connectivity index (χ0) is 15.8. The molecular formula is C16H17N3O2S2. The summed E-state index contributed by atoms with van der Waals surface area (Å²) in [5.74, 6) is 0.829. The van der Waals surface area contributed by atoms with Crippen LogP contribution in [-0.2, 0) is 4.79 Å². The number of hydrogen-bond acceptors (Lipinski definition) is 5. The van der Waals surface area contributed by atoms with Gasteiger partial charge in [0.05, 0.1) is 16.3 Å². The average molecular weight is 347 g/mol. The Kier molecular flexibility index (Phi) is 3.98. The number of thiazole rings is 1. The molecule has 0 aliphatic carbocycles. The number of aromatic nitrogens is 1. The predicted octanol–water partition coefficient (Wildman–Crippen LogP) is 3.13. The van der Waals surface area contributed by atoms with Crippen molar-refractivity contribution in [3.63, 3.8) is 0 Å². The highest BCUT2D eigenvalue weighted by Crippen LogP contribution is 2.36. The molecule has 5 nitrogen and oxygen atoms in total. The van der Waals surface area contributed by atoms with Crippen molar-refractivity contribution in [2.45, 2.75) is 18.9 Å². The van der Waals surface area contributed by atoms with E-state index in [1.165, 1.54) is 11.8 Å². The van der Waals surface area contributed by atoms with Crippen LogP contribution in [0.4, 0.5) is 4.79 Å². The summed E-state index contributed by atoms with van der Waals surface area (Å²) in [6.07, 6.45) is 1.95. The van der Waals surface area contributed by atoms with Crippen LogP contribution in [0.2, 0.25) is 0 Å². The molecular weight excluding hydrogens is 330 g/mol. The molecule has 2 amide bonds. The quantitative estimate of drug-likeness (QED) is 0.856. The Labute approximate surface area is 142 Å². The fraction of sp³-hybridized carbons (Fsp3) is 0.438. The van der Waals surface area contributed by atoms with Crippen molar-refractivity contribution in [3.8, 4) is 0 Å². The summed E-state index contributed by atoms with van der Waals surface area (Å²) < 4.78 is 1.16. The molecule has 2 aliphatic heterocycles. The maximum atomic E-state index is 12.6. The number of carbonyl (C=O) groups excluding carboxylic acids is 2. The van der Waals surface area contributed by atoms with E-state index in [9.17, 15) is 9.59 Å². The lowest BCUT2D eigenvalue weighted by Crippen LogP contribution is -2.40. The van der Waals surface area contributed by atoms with Gasteiger partial charge in [-0.2, -0.15) is 0 Å². The van der Waals surface area contributed by atoms with Crippen LogP contribution in [0.25, 0.3) is 10.2 Å². The third kappa shape index (κ3) is 2.83. The molecule has 0 N–H and O–H groups in total. The molecule has 2 aromatic rings. The zero-order valence-electron chi connectivity index (χ0n) is 12.6. The minimum absolute atomic E-state index is 0.0223. The van der Waals surface area contributed by atoms with Gasteiger partial charge < -0.3 is 9.80 Å². The summed E-state index contributed by atoms with van der Waals surface area (Å²) in [4.78, 5) is 32.6. The van der Waals surface area contributed by atoms with Crippen molar-refractivity contribution in [1.82, 2.24) is 14.8 Å². The number of fused-ring (bicyclic) bond motifs is 1. The first-order valence-electron chi connectivity index (χ1n) is 7.79. The van der Waals surface area contributed by atoms with Gasteiger partial charge in [-0.05, 0) is 25.0 Å². The van der Waals surface area contributed by atoms with Crippen molar-refractivity contribution < 1.29 is 9.59 Å². The molecule has 3 heterocycles. The summed E-state index contributed by atoms with van der Waals surface area (Å²) >= 11 is 2.97. The SMILES string of the molecule is O=C1SCCN1CC(=O)N1CCCC1c1nc2ccccc2s1. The van der Waals surface area contributed by atoms with Gasteiger partial charge in [-0.3, -0.25) is 9.59 Å². The smallest absolute Gasteiger partial charge is 0.282 e. The first kappa shape index (κ1) is 15.0. The number of likely N-dealkylation sites (tertiary alicyclic amines) is 1. The van der Waals surface area contributed by atoms with Crippen LogP contribution in [0.5, 0.6) is 0 Å². The molecule has 0 saturated carbocycles. The van der Waals surface area contributed by atoms with Gasteiger partial charge >= 0.3 is 0 Å². The highest BCUT2D eigenvalue weighted by molar-refractivity contribution is 8.13. The van der Waals surface area contributed by atoms with E-state index in [-0.39, 0.29) is 23.7 Å². The lowest BCUT2D eigenvalue weighted by molar-refractivity contribution is -0.132. The second-order valence-corrected chi connectivity index (χ2v) is 7.91. The van der Waals surface area contributed by atoms with Gasteiger partial charge in [-0.15, -0.1) is 11.3 Å². The van der Waals surface area contributed by atoms with Gasteiger partial charge in [0, 0.05) is 18.8 Å². The van der Waals surface area contributed by atoms with Gasteiger partial charge in [0.15, 0.2) is 0 Å². The van der Waals surface area contributed by atoms with E-state index in [2.05, 4.69) is 6.07 Å². The van der Waals surface area contributed by atoms with E-state index < -0.39 is 0 Å². The molecule has 2 fully saturated rings. The van der Waals surface area contributed by atoms with E-state index in [0.717, 1.165) is 40.4 Å². The minimum Gasteiger partial charge on any atom is -0.332 e. The number of para-hydroxylation sites is 1. The van der Waals surface area contributed by atoms with Crippen molar-refractivity contribution in [1.29, 1.82) is 0 Å². The Hall–Kier alpha value is -1.60. The third-order valence-corrected chi connectivity index (χ3v) is 6.37. The molecule has 7 heteroatoms. The summed E-state index contributed by atoms with van der Waals surface area (Å²) in [7, 11) is 0. The van der Waals surface area contributed by atoms with Crippen LogP contribution in [0.15, 0.2) is 24.3 Å². The Balaban J connectivity index is 1.53. The minimum atomic E-state index is 0.0223. The summed E-state index contributed by atoms with van der Waals surface area (Å²) in [6.45, 7) is 1.64. The fourth-order valence-corrected chi connectivity index (χ4v) is 5.12. The van der Waals surface area contributed by atoms with Crippen LogP contribution in [0, 0.1) is 0 Å². The molecule has 1 atom stereocenters. The number of amides is 2. The number of nitrogens with zero attached hydrogens (tertiary/aromatic N) is 3. The second-order valence-electron chi connectivity index (χ2n) is 5.80. The summed E-state index contributed by atoms with van der Waals surface area (Å²) in [5, 5.41) is 1.04. The molecule has 2 saturated heterocycles. The van der Waals surface area contributed by atoms with E-state index >= 15 is 0 Å². The van der Waals surface area contributed by atoms with Gasteiger partial charge in [0.25, 0.3) is 5.24 Å². The highest BCUT2D eigenvalue weighted by atomic mass is 32.2. The van der Waals surface area contributed by atoms with E-state index in [0.29, 0.717) is 6.54 Å². The van der Waals surface area contributed by atoms with Crippen LogP contribution in [-0.4, -0.2) is 51.3 Å². The maximum Gasteiger partial charge on any atom is 0.282 e. The summed E-state index contributed by atoms with van der Waals surface area (Å²) in [5.41, 5.74) is 0.998. The second kappa shape index (κ2) is 6.13. The van der Waals surface area contributed by atoms with Crippen molar-refractivity contribution in [2.75, 3.05) is 25.4 Å². The molecule has 120 valence electrons. The Bertz CT molecular complexity index is 728.